The first-order chi connectivity index (χ1) is 7.61. The molecule has 0 aliphatic carbocycles. The Morgan fingerprint density at radius 2 is 1.75 bits per heavy atom. The van der Waals surface area contributed by atoms with E-state index in [1.54, 1.807) is 0 Å². The molecule has 2 rings (SSSR count). The average Bonchev–Trinajstić information content (AvgIpc) is 2.58. The zero-order chi connectivity index (χ0) is 11.7. The summed E-state index contributed by atoms with van der Waals surface area (Å²) in [5, 5.41) is 0. The summed E-state index contributed by atoms with van der Waals surface area (Å²) in [5.74, 6) is -0.212. The highest BCUT2D eigenvalue weighted by Gasteiger charge is 2.31. The van der Waals surface area contributed by atoms with Gasteiger partial charge in [0.1, 0.15) is 0 Å². The van der Waals surface area contributed by atoms with E-state index in [0.29, 0.717) is 18.5 Å². The van der Waals surface area contributed by atoms with E-state index in [-0.39, 0.29) is 16.6 Å². The highest BCUT2D eigenvalue weighted by Crippen LogP contribution is 2.33. The summed E-state index contributed by atoms with van der Waals surface area (Å²) in [7, 11) is 0. The van der Waals surface area contributed by atoms with E-state index in [2.05, 4.69) is 15.9 Å². The van der Waals surface area contributed by atoms with Crippen molar-refractivity contribution in [3.05, 3.63) is 29.8 Å². The summed E-state index contributed by atoms with van der Waals surface area (Å²) in [6.07, 6.45) is 0.646. The Bertz CT molecular complexity index is 426. The van der Waals surface area contributed by atoms with Crippen LogP contribution in [0, 0.1) is 0 Å². The highest BCUT2D eigenvalue weighted by atomic mass is 79.9. The molecule has 1 aromatic carbocycles. The zero-order valence-corrected chi connectivity index (χ0v) is 10.5. The maximum absolute atomic E-state index is 11.6. The third-order valence-corrected chi connectivity index (χ3v) is 3.15. The Balaban J connectivity index is 2.47. The number of hydrogen-bond acceptors (Lipinski definition) is 2. The first kappa shape index (κ1) is 11.3. The lowest BCUT2D eigenvalue weighted by molar-refractivity contribution is -0.121. The van der Waals surface area contributed by atoms with Gasteiger partial charge in [0.15, 0.2) is 0 Å². The summed E-state index contributed by atoms with van der Waals surface area (Å²) >= 11 is 3.47. The quantitative estimate of drug-likeness (QED) is 0.618. The molecule has 3 nitrogen and oxygen atoms in total. The van der Waals surface area contributed by atoms with E-state index in [9.17, 15) is 9.59 Å². The largest absolute Gasteiger partial charge is 0.274 e. The molecule has 1 atom stereocenters. The van der Waals surface area contributed by atoms with Gasteiger partial charge in [-0.15, -0.1) is 0 Å². The number of imide groups is 1. The Morgan fingerprint density at radius 3 is 2.31 bits per heavy atom. The molecular weight excluding hydrogens is 270 g/mol. The molecule has 0 saturated carbocycles. The molecule has 0 radical (unpaired) electrons. The van der Waals surface area contributed by atoms with Crippen molar-refractivity contribution in [3.63, 3.8) is 0 Å². The molecule has 84 valence electrons. The molecule has 2 amide bonds. The van der Waals surface area contributed by atoms with Crippen molar-refractivity contribution in [2.24, 2.45) is 0 Å². The van der Waals surface area contributed by atoms with Crippen LogP contribution in [-0.4, -0.2) is 11.8 Å². The summed E-state index contributed by atoms with van der Waals surface area (Å²) in [6.45, 7) is 1.98. The number of carbonyl (C=O) groups excluding carboxylic acids is 2. The second-order valence-electron chi connectivity index (χ2n) is 3.80. The second kappa shape index (κ2) is 4.37. The van der Waals surface area contributed by atoms with E-state index in [0.717, 1.165) is 5.56 Å². The lowest BCUT2D eigenvalue weighted by atomic mass is 10.1. The van der Waals surface area contributed by atoms with E-state index < -0.39 is 0 Å². The molecule has 0 bridgehead atoms. The van der Waals surface area contributed by atoms with E-state index in [1.165, 1.54) is 4.90 Å². The Labute approximate surface area is 103 Å². The van der Waals surface area contributed by atoms with Crippen LogP contribution in [-0.2, 0) is 9.59 Å². The minimum absolute atomic E-state index is 0.106. The topological polar surface area (TPSA) is 37.4 Å². The van der Waals surface area contributed by atoms with Gasteiger partial charge in [0.05, 0.1) is 5.69 Å². The summed E-state index contributed by atoms with van der Waals surface area (Å²) in [4.78, 5) is 24.7. The van der Waals surface area contributed by atoms with Gasteiger partial charge in [-0.3, -0.25) is 14.5 Å². The summed E-state index contributed by atoms with van der Waals surface area (Å²) in [5.41, 5.74) is 1.67. The smallest absolute Gasteiger partial charge is 0.234 e. The molecule has 16 heavy (non-hydrogen) atoms. The van der Waals surface area contributed by atoms with Crippen LogP contribution in [0.1, 0.15) is 30.2 Å². The van der Waals surface area contributed by atoms with Crippen LogP contribution < -0.4 is 4.90 Å². The van der Waals surface area contributed by atoms with E-state index in [4.69, 9.17) is 0 Å². The van der Waals surface area contributed by atoms with E-state index >= 15 is 0 Å². The summed E-state index contributed by atoms with van der Waals surface area (Å²) in [6, 6.07) is 7.48. The number of carbonyl (C=O) groups is 2. The minimum Gasteiger partial charge on any atom is -0.274 e. The molecule has 1 aliphatic heterocycles. The number of rotatable bonds is 2. The van der Waals surface area contributed by atoms with Crippen LogP contribution in [0.4, 0.5) is 5.69 Å². The third-order valence-electron chi connectivity index (χ3n) is 2.66. The van der Waals surface area contributed by atoms with Gasteiger partial charge in [0, 0.05) is 17.7 Å². The molecule has 0 N–H and O–H groups in total. The number of hydrogen-bond donors (Lipinski definition) is 0. The molecule has 0 aromatic heterocycles. The van der Waals surface area contributed by atoms with E-state index in [1.807, 2.05) is 31.2 Å². The second-order valence-corrected chi connectivity index (χ2v) is 5.17. The number of halogens is 1. The number of nitrogens with zero attached hydrogens (tertiary/aromatic N) is 1. The maximum atomic E-state index is 11.6. The van der Waals surface area contributed by atoms with Gasteiger partial charge in [0.25, 0.3) is 0 Å². The number of alkyl halides is 1. The SMILES string of the molecule is CC(Br)c1ccccc1N1C(=O)CCC1=O. The highest BCUT2D eigenvalue weighted by molar-refractivity contribution is 9.09. The standard InChI is InChI=1S/C12H12BrNO2/c1-8(13)9-4-2-3-5-10(9)14-11(15)6-7-12(14)16/h2-5,8H,6-7H2,1H3. The average molecular weight is 282 g/mol. The van der Waals surface area contributed by atoms with Crippen LogP contribution in [0.15, 0.2) is 24.3 Å². The lowest BCUT2D eigenvalue weighted by Gasteiger charge is -2.19. The van der Waals surface area contributed by atoms with Crippen molar-refractivity contribution >= 4 is 33.4 Å². The van der Waals surface area contributed by atoms with Gasteiger partial charge in [0.2, 0.25) is 11.8 Å². The minimum atomic E-state index is -0.106. The van der Waals surface area contributed by atoms with Gasteiger partial charge in [-0.2, -0.15) is 0 Å². The van der Waals surface area contributed by atoms with Crippen LogP contribution >= 0.6 is 15.9 Å². The van der Waals surface area contributed by atoms with Crippen LogP contribution in [0.5, 0.6) is 0 Å². The molecule has 1 saturated heterocycles. The number of para-hydroxylation sites is 1. The van der Waals surface area contributed by atoms with Crippen molar-refractivity contribution in [2.45, 2.75) is 24.6 Å². The molecule has 1 fully saturated rings. The lowest BCUT2D eigenvalue weighted by Crippen LogP contribution is -2.29. The van der Waals surface area contributed by atoms with Crippen molar-refractivity contribution < 1.29 is 9.59 Å². The fraction of sp³-hybridized carbons (Fsp3) is 0.333. The molecule has 1 aliphatic rings. The zero-order valence-electron chi connectivity index (χ0n) is 8.94. The van der Waals surface area contributed by atoms with Gasteiger partial charge >= 0.3 is 0 Å². The number of benzene rings is 1. The molecule has 0 spiro atoms. The van der Waals surface area contributed by atoms with Crippen LogP contribution in [0.2, 0.25) is 0 Å². The number of anilines is 1. The van der Waals surface area contributed by atoms with Crippen molar-refractivity contribution in [1.29, 1.82) is 0 Å². The van der Waals surface area contributed by atoms with Gasteiger partial charge in [-0.05, 0) is 18.6 Å². The molecule has 1 heterocycles. The first-order valence-corrected chi connectivity index (χ1v) is 6.11. The van der Waals surface area contributed by atoms with Crippen LogP contribution in [0.3, 0.4) is 0 Å². The third kappa shape index (κ3) is 1.89. The Morgan fingerprint density at radius 1 is 1.19 bits per heavy atom. The van der Waals surface area contributed by atoms with Crippen molar-refractivity contribution in [1.82, 2.24) is 0 Å². The molecule has 4 heteroatoms. The molecule has 1 aromatic rings. The van der Waals surface area contributed by atoms with Gasteiger partial charge in [-0.1, -0.05) is 34.1 Å². The van der Waals surface area contributed by atoms with Crippen LogP contribution in [0.25, 0.3) is 0 Å². The first-order valence-electron chi connectivity index (χ1n) is 5.20. The monoisotopic (exact) mass is 281 g/mol. The van der Waals surface area contributed by atoms with Crippen molar-refractivity contribution in [2.75, 3.05) is 4.90 Å². The van der Waals surface area contributed by atoms with Gasteiger partial charge in [-0.25, -0.2) is 0 Å². The van der Waals surface area contributed by atoms with Crippen molar-refractivity contribution in [3.8, 4) is 0 Å². The number of amides is 2. The normalized spacial score (nSPS) is 18.0. The maximum Gasteiger partial charge on any atom is 0.234 e. The fourth-order valence-corrected chi connectivity index (χ4v) is 2.26. The summed E-state index contributed by atoms with van der Waals surface area (Å²) < 4.78 is 0. The Kier molecular flexibility index (Phi) is 3.10. The Hall–Kier alpha value is -1.16. The fourth-order valence-electron chi connectivity index (χ4n) is 1.87. The molecular formula is C12H12BrNO2. The molecule has 1 unspecified atom stereocenters. The predicted molar refractivity (Wildman–Crippen MR) is 65.5 cm³/mol. The predicted octanol–water partition coefficient (Wildman–Crippen LogP) is 2.80. The van der Waals surface area contributed by atoms with Gasteiger partial charge < -0.3 is 0 Å².